The van der Waals surface area contributed by atoms with Gasteiger partial charge in [0.25, 0.3) is 0 Å². The standard InChI is InChI=1S/C14H30N2/c1-4-6-7-9-13(3)16(5-2)14-10-8-11-15-12-14/h13-15H,4-12H2,1-3H3. The molecule has 1 N–H and O–H groups in total. The second-order valence-corrected chi connectivity index (χ2v) is 5.18. The molecular formula is C14H30N2. The van der Waals surface area contributed by atoms with Gasteiger partial charge in [0.05, 0.1) is 0 Å². The molecule has 0 aromatic carbocycles. The molecule has 96 valence electrons. The highest BCUT2D eigenvalue weighted by Crippen LogP contribution is 2.17. The summed E-state index contributed by atoms with van der Waals surface area (Å²) in [5, 5.41) is 3.53. The number of likely N-dealkylation sites (N-methyl/N-ethyl adjacent to an activating group) is 1. The highest BCUT2D eigenvalue weighted by Gasteiger charge is 2.23. The van der Waals surface area contributed by atoms with Gasteiger partial charge in [0.1, 0.15) is 0 Å². The molecule has 1 rings (SSSR count). The van der Waals surface area contributed by atoms with E-state index in [4.69, 9.17) is 0 Å². The molecule has 0 spiro atoms. The lowest BCUT2D eigenvalue weighted by Gasteiger charge is -2.38. The van der Waals surface area contributed by atoms with Gasteiger partial charge in [-0.25, -0.2) is 0 Å². The van der Waals surface area contributed by atoms with Gasteiger partial charge in [0.2, 0.25) is 0 Å². The van der Waals surface area contributed by atoms with Crippen LogP contribution >= 0.6 is 0 Å². The van der Waals surface area contributed by atoms with Gasteiger partial charge in [-0.1, -0.05) is 33.1 Å². The van der Waals surface area contributed by atoms with Crippen LogP contribution in [0.1, 0.15) is 59.3 Å². The van der Waals surface area contributed by atoms with Crippen LogP contribution in [0, 0.1) is 0 Å². The van der Waals surface area contributed by atoms with E-state index in [0.717, 1.165) is 12.1 Å². The Hall–Kier alpha value is -0.0800. The largest absolute Gasteiger partial charge is 0.315 e. The number of unbranched alkanes of at least 4 members (excludes halogenated alkanes) is 2. The van der Waals surface area contributed by atoms with Gasteiger partial charge in [-0.05, 0) is 39.3 Å². The first kappa shape index (κ1) is 14.0. The Balaban J connectivity index is 2.32. The van der Waals surface area contributed by atoms with Gasteiger partial charge in [-0.15, -0.1) is 0 Å². The van der Waals surface area contributed by atoms with E-state index < -0.39 is 0 Å². The predicted molar refractivity (Wildman–Crippen MR) is 71.9 cm³/mol. The summed E-state index contributed by atoms with van der Waals surface area (Å²) < 4.78 is 0. The van der Waals surface area contributed by atoms with Crippen LogP contribution in [0.4, 0.5) is 0 Å². The molecule has 0 bridgehead atoms. The predicted octanol–water partition coefficient (Wildman–Crippen LogP) is 3.03. The van der Waals surface area contributed by atoms with Crippen molar-refractivity contribution in [2.24, 2.45) is 0 Å². The van der Waals surface area contributed by atoms with Crippen molar-refractivity contribution in [3.8, 4) is 0 Å². The monoisotopic (exact) mass is 226 g/mol. The summed E-state index contributed by atoms with van der Waals surface area (Å²) in [6.07, 6.45) is 8.24. The van der Waals surface area contributed by atoms with Crippen molar-refractivity contribution in [1.82, 2.24) is 10.2 Å². The minimum atomic E-state index is 0.765. The van der Waals surface area contributed by atoms with E-state index in [9.17, 15) is 0 Å². The van der Waals surface area contributed by atoms with E-state index in [0.29, 0.717) is 0 Å². The van der Waals surface area contributed by atoms with E-state index in [-0.39, 0.29) is 0 Å². The summed E-state index contributed by atoms with van der Waals surface area (Å²) in [5.74, 6) is 0. The third kappa shape index (κ3) is 4.42. The van der Waals surface area contributed by atoms with E-state index in [1.165, 1.54) is 58.2 Å². The van der Waals surface area contributed by atoms with Crippen LogP contribution in [-0.4, -0.2) is 36.6 Å². The summed E-state index contributed by atoms with van der Waals surface area (Å²) in [6, 6.07) is 1.55. The Kier molecular flexibility index (Phi) is 7.06. The molecule has 2 nitrogen and oxygen atoms in total. The van der Waals surface area contributed by atoms with Gasteiger partial charge in [-0.3, -0.25) is 4.90 Å². The molecule has 1 heterocycles. The quantitative estimate of drug-likeness (QED) is 0.671. The summed E-state index contributed by atoms with van der Waals surface area (Å²) in [5.41, 5.74) is 0. The van der Waals surface area contributed by atoms with Crippen LogP contribution in [0.3, 0.4) is 0 Å². The molecule has 0 radical (unpaired) electrons. The van der Waals surface area contributed by atoms with E-state index in [1.54, 1.807) is 0 Å². The Labute approximate surface area is 102 Å². The van der Waals surface area contributed by atoms with Crippen LogP contribution < -0.4 is 5.32 Å². The second kappa shape index (κ2) is 8.08. The number of nitrogens with zero attached hydrogens (tertiary/aromatic N) is 1. The van der Waals surface area contributed by atoms with Gasteiger partial charge < -0.3 is 5.32 Å². The first-order valence-corrected chi connectivity index (χ1v) is 7.26. The third-order valence-electron chi connectivity index (χ3n) is 3.90. The maximum Gasteiger partial charge on any atom is 0.0223 e. The molecule has 0 aromatic heterocycles. The first-order valence-electron chi connectivity index (χ1n) is 7.26. The summed E-state index contributed by atoms with van der Waals surface area (Å²) >= 11 is 0. The SMILES string of the molecule is CCCCCC(C)N(CC)C1CCCNC1. The summed E-state index contributed by atoms with van der Waals surface area (Å²) in [6.45, 7) is 10.6. The minimum Gasteiger partial charge on any atom is -0.315 e. The Bertz CT molecular complexity index is 164. The van der Waals surface area contributed by atoms with Gasteiger partial charge in [-0.2, -0.15) is 0 Å². The molecule has 1 aliphatic rings. The molecule has 0 aromatic rings. The Morgan fingerprint density at radius 2 is 2.12 bits per heavy atom. The van der Waals surface area contributed by atoms with Crippen molar-refractivity contribution >= 4 is 0 Å². The zero-order valence-electron chi connectivity index (χ0n) is 11.5. The van der Waals surface area contributed by atoms with E-state index in [2.05, 4.69) is 31.0 Å². The Morgan fingerprint density at radius 1 is 1.31 bits per heavy atom. The average Bonchev–Trinajstić information content (AvgIpc) is 2.32. The Morgan fingerprint density at radius 3 is 2.69 bits per heavy atom. The third-order valence-corrected chi connectivity index (χ3v) is 3.90. The molecule has 1 fully saturated rings. The van der Waals surface area contributed by atoms with Crippen LogP contribution in [-0.2, 0) is 0 Å². The van der Waals surface area contributed by atoms with Gasteiger partial charge >= 0.3 is 0 Å². The highest BCUT2D eigenvalue weighted by atomic mass is 15.2. The lowest BCUT2D eigenvalue weighted by atomic mass is 10.0. The molecule has 2 atom stereocenters. The number of hydrogen-bond acceptors (Lipinski definition) is 2. The van der Waals surface area contributed by atoms with Crippen LogP contribution in [0.5, 0.6) is 0 Å². The summed E-state index contributed by atoms with van der Waals surface area (Å²) in [4.78, 5) is 2.71. The normalized spacial score (nSPS) is 23.6. The minimum absolute atomic E-state index is 0.765. The van der Waals surface area contributed by atoms with Gasteiger partial charge in [0, 0.05) is 18.6 Å². The molecule has 0 aliphatic carbocycles. The maximum absolute atomic E-state index is 3.53. The number of piperidine rings is 1. The lowest BCUT2D eigenvalue weighted by Crippen LogP contribution is -2.49. The van der Waals surface area contributed by atoms with Crippen molar-refractivity contribution < 1.29 is 0 Å². The van der Waals surface area contributed by atoms with Gasteiger partial charge in [0.15, 0.2) is 0 Å². The molecular weight excluding hydrogens is 196 g/mol. The van der Waals surface area contributed by atoms with Crippen molar-refractivity contribution in [3.05, 3.63) is 0 Å². The van der Waals surface area contributed by atoms with Crippen molar-refractivity contribution in [1.29, 1.82) is 0 Å². The lowest BCUT2D eigenvalue weighted by molar-refractivity contribution is 0.120. The average molecular weight is 226 g/mol. The van der Waals surface area contributed by atoms with Crippen molar-refractivity contribution in [2.75, 3.05) is 19.6 Å². The molecule has 1 aliphatic heterocycles. The highest BCUT2D eigenvalue weighted by molar-refractivity contribution is 4.81. The number of nitrogens with one attached hydrogen (secondary N) is 1. The molecule has 0 saturated carbocycles. The molecule has 16 heavy (non-hydrogen) atoms. The molecule has 2 unspecified atom stereocenters. The molecule has 1 saturated heterocycles. The van der Waals surface area contributed by atoms with Crippen LogP contribution in [0.25, 0.3) is 0 Å². The number of hydrogen-bond donors (Lipinski definition) is 1. The topological polar surface area (TPSA) is 15.3 Å². The second-order valence-electron chi connectivity index (χ2n) is 5.18. The van der Waals surface area contributed by atoms with Crippen molar-refractivity contribution in [3.63, 3.8) is 0 Å². The zero-order valence-corrected chi connectivity index (χ0v) is 11.5. The van der Waals surface area contributed by atoms with E-state index >= 15 is 0 Å². The van der Waals surface area contributed by atoms with Crippen LogP contribution in [0.2, 0.25) is 0 Å². The molecule has 0 amide bonds. The maximum atomic E-state index is 3.53. The van der Waals surface area contributed by atoms with E-state index in [1.807, 2.05) is 0 Å². The fourth-order valence-corrected chi connectivity index (χ4v) is 2.90. The smallest absolute Gasteiger partial charge is 0.0223 e. The summed E-state index contributed by atoms with van der Waals surface area (Å²) in [7, 11) is 0. The van der Waals surface area contributed by atoms with Crippen LogP contribution in [0.15, 0.2) is 0 Å². The fraction of sp³-hybridized carbons (Fsp3) is 1.00. The first-order chi connectivity index (χ1) is 7.79. The fourth-order valence-electron chi connectivity index (χ4n) is 2.90. The zero-order chi connectivity index (χ0) is 11.8. The molecule has 2 heteroatoms. The number of rotatable bonds is 7. The van der Waals surface area contributed by atoms with Crippen molar-refractivity contribution in [2.45, 2.75) is 71.4 Å².